The van der Waals surface area contributed by atoms with E-state index in [1.54, 1.807) is 6.08 Å². The summed E-state index contributed by atoms with van der Waals surface area (Å²) < 4.78 is 0. The first-order valence-electron chi connectivity index (χ1n) is 10.5. The zero-order valence-electron chi connectivity index (χ0n) is 17.7. The molecule has 0 radical (unpaired) electrons. The van der Waals surface area contributed by atoms with Crippen molar-refractivity contribution in [2.75, 3.05) is 45.8 Å². The molecule has 0 N–H and O–H groups in total. The molecule has 1 aromatic rings. The van der Waals surface area contributed by atoms with Crippen LogP contribution in [0.15, 0.2) is 42.0 Å². The molecule has 0 aromatic heterocycles. The molecule has 0 saturated carbocycles. The van der Waals surface area contributed by atoms with Crippen LogP contribution in [-0.2, 0) is 16.0 Å². The van der Waals surface area contributed by atoms with E-state index in [2.05, 4.69) is 17.0 Å². The van der Waals surface area contributed by atoms with Crippen LogP contribution < -0.4 is 0 Å². The number of rotatable bonds is 8. The van der Waals surface area contributed by atoms with Crippen LogP contribution in [0.5, 0.6) is 0 Å². The minimum atomic E-state index is 0.0995. The summed E-state index contributed by atoms with van der Waals surface area (Å²) in [5.74, 6) is 0.281. The van der Waals surface area contributed by atoms with E-state index >= 15 is 0 Å². The number of aryl methyl sites for hydroxylation is 1. The second-order valence-corrected chi connectivity index (χ2v) is 7.50. The van der Waals surface area contributed by atoms with Gasteiger partial charge in [0.2, 0.25) is 11.8 Å². The highest BCUT2D eigenvalue weighted by atomic mass is 16.2. The van der Waals surface area contributed by atoms with E-state index in [4.69, 9.17) is 0 Å². The van der Waals surface area contributed by atoms with E-state index in [0.717, 1.165) is 57.6 Å². The minimum absolute atomic E-state index is 0.0995. The van der Waals surface area contributed by atoms with Crippen molar-refractivity contribution in [1.82, 2.24) is 14.7 Å². The van der Waals surface area contributed by atoms with Gasteiger partial charge in [-0.05, 0) is 45.6 Å². The first-order chi connectivity index (χ1) is 13.5. The van der Waals surface area contributed by atoms with Gasteiger partial charge in [-0.3, -0.25) is 14.5 Å². The fourth-order valence-electron chi connectivity index (χ4n) is 3.58. The number of allylic oxidation sites excluding steroid dienone is 1. The van der Waals surface area contributed by atoms with E-state index < -0.39 is 0 Å². The van der Waals surface area contributed by atoms with Crippen molar-refractivity contribution in [3.8, 4) is 0 Å². The average molecular weight is 386 g/mol. The van der Waals surface area contributed by atoms with Crippen LogP contribution in [-0.4, -0.2) is 72.3 Å². The van der Waals surface area contributed by atoms with E-state index in [9.17, 15) is 9.59 Å². The maximum atomic E-state index is 12.7. The molecule has 1 aromatic carbocycles. The molecule has 1 saturated heterocycles. The number of carbonyl (C=O) groups is 2. The SMILES string of the molecule is CCN(CC)C(=O)CN1CCCN(C(=O)/C=C(/C)CCc2ccccc2)CC1. The minimum Gasteiger partial charge on any atom is -0.342 e. The predicted octanol–water partition coefficient (Wildman–Crippen LogP) is 2.97. The Morgan fingerprint density at radius 2 is 1.75 bits per heavy atom. The Labute approximate surface area is 170 Å². The molecule has 2 amide bonds. The number of amides is 2. The smallest absolute Gasteiger partial charge is 0.246 e. The van der Waals surface area contributed by atoms with Crippen molar-refractivity contribution in [3.05, 3.63) is 47.5 Å². The second kappa shape index (κ2) is 11.6. The van der Waals surface area contributed by atoms with Gasteiger partial charge in [-0.2, -0.15) is 0 Å². The van der Waals surface area contributed by atoms with Crippen molar-refractivity contribution in [3.63, 3.8) is 0 Å². The summed E-state index contributed by atoms with van der Waals surface area (Å²) in [5, 5.41) is 0. The van der Waals surface area contributed by atoms with Gasteiger partial charge < -0.3 is 9.80 Å². The molecule has 28 heavy (non-hydrogen) atoms. The van der Waals surface area contributed by atoms with Crippen LogP contribution in [0, 0.1) is 0 Å². The lowest BCUT2D eigenvalue weighted by Gasteiger charge is -2.25. The Balaban J connectivity index is 1.81. The molecule has 0 bridgehead atoms. The van der Waals surface area contributed by atoms with Crippen LogP contribution in [0.2, 0.25) is 0 Å². The summed E-state index contributed by atoms with van der Waals surface area (Å²) in [6, 6.07) is 10.4. The van der Waals surface area contributed by atoms with Gasteiger partial charge in [-0.1, -0.05) is 35.9 Å². The molecule has 1 aliphatic heterocycles. The molecule has 1 aliphatic rings. The third-order valence-electron chi connectivity index (χ3n) is 5.40. The van der Waals surface area contributed by atoms with Gasteiger partial charge in [0, 0.05) is 45.3 Å². The fourth-order valence-corrected chi connectivity index (χ4v) is 3.58. The topological polar surface area (TPSA) is 43.9 Å². The van der Waals surface area contributed by atoms with E-state index in [-0.39, 0.29) is 11.8 Å². The summed E-state index contributed by atoms with van der Waals surface area (Å²) in [6.07, 6.45) is 4.56. The molecule has 1 fully saturated rings. The van der Waals surface area contributed by atoms with Crippen molar-refractivity contribution in [1.29, 1.82) is 0 Å². The lowest BCUT2D eigenvalue weighted by molar-refractivity contribution is -0.132. The van der Waals surface area contributed by atoms with Crippen molar-refractivity contribution in [2.24, 2.45) is 0 Å². The summed E-state index contributed by atoms with van der Waals surface area (Å²) in [6.45, 7) is 11.1. The highest BCUT2D eigenvalue weighted by molar-refractivity contribution is 5.88. The van der Waals surface area contributed by atoms with Crippen molar-refractivity contribution < 1.29 is 9.59 Å². The molecule has 0 aliphatic carbocycles. The Bertz CT molecular complexity index is 653. The van der Waals surface area contributed by atoms with Crippen LogP contribution >= 0.6 is 0 Å². The van der Waals surface area contributed by atoms with Crippen LogP contribution in [0.1, 0.15) is 39.2 Å². The maximum Gasteiger partial charge on any atom is 0.246 e. The maximum absolute atomic E-state index is 12.7. The molecule has 2 rings (SSSR count). The standard InChI is InChI=1S/C23H35N3O2/c1-4-25(5-2)23(28)19-24-14-9-15-26(17-16-24)22(27)18-20(3)12-13-21-10-7-6-8-11-21/h6-8,10-11,18H,4-5,9,12-17,19H2,1-3H3/b20-18-. The van der Waals surface area contributed by atoms with E-state index in [0.29, 0.717) is 13.1 Å². The number of hydrogen-bond donors (Lipinski definition) is 0. The first-order valence-corrected chi connectivity index (χ1v) is 10.5. The van der Waals surface area contributed by atoms with E-state index in [1.807, 2.05) is 48.8 Å². The van der Waals surface area contributed by atoms with Crippen LogP contribution in [0.4, 0.5) is 0 Å². The third-order valence-corrected chi connectivity index (χ3v) is 5.40. The molecular formula is C23H35N3O2. The van der Waals surface area contributed by atoms with Gasteiger partial charge >= 0.3 is 0 Å². The van der Waals surface area contributed by atoms with E-state index in [1.165, 1.54) is 5.56 Å². The number of carbonyl (C=O) groups excluding carboxylic acids is 2. The summed E-state index contributed by atoms with van der Waals surface area (Å²) in [7, 11) is 0. The number of hydrogen-bond acceptors (Lipinski definition) is 3. The highest BCUT2D eigenvalue weighted by Gasteiger charge is 2.21. The quantitative estimate of drug-likeness (QED) is 0.646. The first kappa shape index (κ1) is 22.2. The monoisotopic (exact) mass is 385 g/mol. The molecule has 0 atom stereocenters. The Kier molecular flexibility index (Phi) is 9.21. The average Bonchev–Trinajstić information content (AvgIpc) is 2.94. The number of benzene rings is 1. The molecule has 5 heteroatoms. The van der Waals surface area contributed by atoms with Crippen LogP contribution in [0.25, 0.3) is 0 Å². The molecule has 1 heterocycles. The van der Waals surface area contributed by atoms with Gasteiger partial charge in [0.15, 0.2) is 0 Å². The van der Waals surface area contributed by atoms with Gasteiger partial charge in [-0.25, -0.2) is 0 Å². The normalized spacial score (nSPS) is 16.0. The summed E-state index contributed by atoms with van der Waals surface area (Å²) in [4.78, 5) is 31.0. The molecule has 154 valence electrons. The lowest BCUT2D eigenvalue weighted by atomic mass is 10.1. The molecule has 0 spiro atoms. The Morgan fingerprint density at radius 3 is 2.43 bits per heavy atom. The predicted molar refractivity (Wildman–Crippen MR) is 114 cm³/mol. The van der Waals surface area contributed by atoms with Gasteiger partial charge in [0.25, 0.3) is 0 Å². The largest absolute Gasteiger partial charge is 0.342 e. The third kappa shape index (κ3) is 7.12. The Hall–Kier alpha value is -2.14. The zero-order valence-corrected chi connectivity index (χ0v) is 17.7. The number of nitrogens with zero attached hydrogens (tertiary/aromatic N) is 3. The summed E-state index contributed by atoms with van der Waals surface area (Å²) >= 11 is 0. The summed E-state index contributed by atoms with van der Waals surface area (Å²) in [5.41, 5.74) is 2.41. The molecular weight excluding hydrogens is 350 g/mol. The van der Waals surface area contributed by atoms with Crippen molar-refractivity contribution >= 4 is 11.8 Å². The van der Waals surface area contributed by atoms with Gasteiger partial charge in [0.05, 0.1) is 6.54 Å². The lowest BCUT2D eigenvalue weighted by Crippen LogP contribution is -2.42. The zero-order chi connectivity index (χ0) is 20.4. The molecule has 0 unspecified atom stereocenters. The number of likely N-dealkylation sites (N-methyl/N-ethyl adjacent to an activating group) is 1. The van der Waals surface area contributed by atoms with Crippen molar-refractivity contribution in [2.45, 2.75) is 40.0 Å². The Morgan fingerprint density at radius 1 is 1.04 bits per heavy atom. The van der Waals surface area contributed by atoms with Gasteiger partial charge in [0.1, 0.15) is 0 Å². The van der Waals surface area contributed by atoms with Crippen LogP contribution in [0.3, 0.4) is 0 Å². The molecule has 5 nitrogen and oxygen atoms in total. The van der Waals surface area contributed by atoms with Gasteiger partial charge in [-0.15, -0.1) is 0 Å². The second-order valence-electron chi connectivity index (χ2n) is 7.50. The fraction of sp³-hybridized carbons (Fsp3) is 0.565. The highest BCUT2D eigenvalue weighted by Crippen LogP contribution is 2.11.